The van der Waals surface area contributed by atoms with E-state index in [4.69, 9.17) is 0 Å². The standard InChI is InChI=1S/C16H34N4/c1-5-6-8-18-9-7-17-14-15(18)19-10-12-20(13-11-19)16(2,3)4/h15,17H,5-14H2,1-4H3. The molecule has 2 fully saturated rings. The van der Waals surface area contributed by atoms with Crippen LogP contribution < -0.4 is 5.32 Å². The van der Waals surface area contributed by atoms with Crippen molar-refractivity contribution >= 4 is 0 Å². The maximum atomic E-state index is 3.58. The second-order valence-electron chi connectivity index (χ2n) is 7.27. The summed E-state index contributed by atoms with van der Waals surface area (Å²) in [5.41, 5.74) is 0.318. The van der Waals surface area contributed by atoms with Crippen LogP contribution in [0.2, 0.25) is 0 Å². The van der Waals surface area contributed by atoms with Crippen LogP contribution in [0.3, 0.4) is 0 Å². The lowest BCUT2D eigenvalue weighted by Gasteiger charge is -2.48. The fraction of sp³-hybridized carbons (Fsp3) is 1.00. The number of nitrogens with one attached hydrogen (secondary N) is 1. The molecule has 20 heavy (non-hydrogen) atoms. The van der Waals surface area contributed by atoms with Gasteiger partial charge in [-0.3, -0.25) is 14.7 Å². The normalized spacial score (nSPS) is 27.9. The number of unbranched alkanes of at least 4 members (excludes halogenated alkanes) is 1. The first-order valence-corrected chi connectivity index (χ1v) is 8.46. The monoisotopic (exact) mass is 282 g/mol. The van der Waals surface area contributed by atoms with Crippen molar-refractivity contribution in [2.45, 2.75) is 52.2 Å². The summed E-state index contributed by atoms with van der Waals surface area (Å²) in [6.07, 6.45) is 3.25. The molecule has 2 heterocycles. The molecule has 1 N–H and O–H groups in total. The third-order valence-corrected chi connectivity index (χ3v) is 4.81. The highest BCUT2D eigenvalue weighted by molar-refractivity contribution is 4.87. The molecule has 2 aliphatic rings. The van der Waals surface area contributed by atoms with E-state index in [1.54, 1.807) is 0 Å². The fourth-order valence-corrected chi connectivity index (χ4v) is 3.40. The van der Waals surface area contributed by atoms with Crippen molar-refractivity contribution in [3.05, 3.63) is 0 Å². The highest BCUT2D eigenvalue weighted by Crippen LogP contribution is 2.19. The van der Waals surface area contributed by atoms with Crippen LogP contribution in [-0.2, 0) is 0 Å². The van der Waals surface area contributed by atoms with Gasteiger partial charge in [0.1, 0.15) is 0 Å². The van der Waals surface area contributed by atoms with Crippen molar-refractivity contribution in [1.82, 2.24) is 20.0 Å². The van der Waals surface area contributed by atoms with E-state index in [0.29, 0.717) is 11.7 Å². The van der Waals surface area contributed by atoms with Gasteiger partial charge in [0.05, 0.1) is 6.17 Å². The Morgan fingerprint density at radius 2 is 1.75 bits per heavy atom. The molecule has 2 aliphatic heterocycles. The van der Waals surface area contributed by atoms with E-state index in [-0.39, 0.29) is 0 Å². The lowest BCUT2D eigenvalue weighted by Crippen LogP contribution is -2.64. The molecule has 0 radical (unpaired) electrons. The van der Waals surface area contributed by atoms with Crippen molar-refractivity contribution in [3.8, 4) is 0 Å². The van der Waals surface area contributed by atoms with Gasteiger partial charge in [0.25, 0.3) is 0 Å². The molecule has 1 atom stereocenters. The minimum Gasteiger partial charge on any atom is -0.313 e. The number of hydrogen-bond donors (Lipinski definition) is 1. The van der Waals surface area contributed by atoms with Crippen molar-refractivity contribution < 1.29 is 0 Å². The Hall–Kier alpha value is -0.160. The van der Waals surface area contributed by atoms with E-state index >= 15 is 0 Å². The van der Waals surface area contributed by atoms with Gasteiger partial charge < -0.3 is 5.32 Å². The maximum absolute atomic E-state index is 3.58. The highest BCUT2D eigenvalue weighted by Gasteiger charge is 2.32. The van der Waals surface area contributed by atoms with Gasteiger partial charge in [-0.1, -0.05) is 13.3 Å². The van der Waals surface area contributed by atoms with E-state index in [1.165, 1.54) is 52.1 Å². The SMILES string of the molecule is CCCCN1CCNCC1N1CCN(C(C)(C)C)CC1. The third kappa shape index (κ3) is 4.17. The van der Waals surface area contributed by atoms with Crippen LogP contribution in [-0.4, -0.2) is 78.8 Å². The molecule has 0 amide bonds. The molecule has 0 aromatic carbocycles. The summed E-state index contributed by atoms with van der Waals surface area (Å²) in [4.78, 5) is 8.02. The van der Waals surface area contributed by atoms with Crippen molar-refractivity contribution in [2.75, 3.05) is 52.4 Å². The van der Waals surface area contributed by atoms with E-state index in [1.807, 2.05) is 0 Å². The summed E-state index contributed by atoms with van der Waals surface area (Å²) in [6, 6.07) is 0. The first kappa shape index (κ1) is 16.2. The van der Waals surface area contributed by atoms with Crippen LogP contribution in [0.5, 0.6) is 0 Å². The van der Waals surface area contributed by atoms with Crippen LogP contribution in [0.1, 0.15) is 40.5 Å². The van der Waals surface area contributed by atoms with E-state index in [0.717, 1.165) is 13.1 Å². The van der Waals surface area contributed by atoms with Crippen LogP contribution in [0.25, 0.3) is 0 Å². The fourth-order valence-electron chi connectivity index (χ4n) is 3.40. The molecular weight excluding hydrogens is 248 g/mol. The zero-order valence-electron chi connectivity index (χ0n) is 14.0. The summed E-state index contributed by atoms with van der Waals surface area (Å²) >= 11 is 0. The topological polar surface area (TPSA) is 21.8 Å². The first-order valence-electron chi connectivity index (χ1n) is 8.46. The van der Waals surface area contributed by atoms with Crippen molar-refractivity contribution in [3.63, 3.8) is 0 Å². The summed E-state index contributed by atoms with van der Waals surface area (Å²) in [6.45, 7) is 18.9. The molecule has 2 saturated heterocycles. The Balaban J connectivity index is 1.87. The molecule has 1 unspecified atom stereocenters. The molecule has 0 aliphatic carbocycles. The Bertz CT molecular complexity index is 279. The Kier molecular flexibility index (Phi) is 5.84. The molecular formula is C16H34N4. The predicted octanol–water partition coefficient (Wildman–Crippen LogP) is 1.43. The first-order chi connectivity index (χ1) is 9.52. The number of rotatable bonds is 4. The van der Waals surface area contributed by atoms with Crippen LogP contribution in [0.4, 0.5) is 0 Å². The lowest BCUT2D eigenvalue weighted by atomic mass is 10.0. The maximum Gasteiger partial charge on any atom is 0.0752 e. The number of hydrogen-bond acceptors (Lipinski definition) is 4. The molecule has 118 valence electrons. The van der Waals surface area contributed by atoms with E-state index in [2.05, 4.69) is 47.7 Å². The Morgan fingerprint density at radius 1 is 1.05 bits per heavy atom. The van der Waals surface area contributed by atoms with Gasteiger partial charge in [-0.15, -0.1) is 0 Å². The van der Waals surface area contributed by atoms with Crippen molar-refractivity contribution in [1.29, 1.82) is 0 Å². The summed E-state index contributed by atoms with van der Waals surface area (Å²) < 4.78 is 0. The molecule has 0 saturated carbocycles. The second kappa shape index (κ2) is 7.21. The molecule has 0 spiro atoms. The number of nitrogens with zero attached hydrogens (tertiary/aromatic N) is 3. The lowest BCUT2D eigenvalue weighted by molar-refractivity contribution is -0.0237. The highest BCUT2D eigenvalue weighted by atomic mass is 15.4. The Morgan fingerprint density at radius 3 is 2.35 bits per heavy atom. The van der Waals surface area contributed by atoms with E-state index < -0.39 is 0 Å². The quantitative estimate of drug-likeness (QED) is 0.842. The average Bonchev–Trinajstić information content (AvgIpc) is 2.45. The van der Waals surface area contributed by atoms with Crippen LogP contribution in [0.15, 0.2) is 0 Å². The molecule has 4 heteroatoms. The summed E-state index contributed by atoms with van der Waals surface area (Å²) in [5.74, 6) is 0. The minimum atomic E-state index is 0.318. The molecule has 4 nitrogen and oxygen atoms in total. The molecule has 2 rings (SSSR count). The van der Waals surface area contributed by atoms with Gasteiger partial charge in [0.15, 0.2) is 0 Å². The molecule has 0 aromatic heterocycles. The zero-order valence-corrected chi connectivity index (χ0v) is 14.0. The third-order valence-electron chi connectivity index (χ3n) is 4.81. The summed E-state index contributed by atoms with van der Waals surface area (Å²) in [5, 5.41) is 3.58. The summed E-state index contributed by atoms with van der Waals surface area (Å²) in [7, 11) is 0. The van der Waals surface area contributed by atoms with Gasteiger partial charge in [0, 0.05) is 51.4 Å². The van der Waals surface area contributed by atoms with Gasteiger partial charge in [0.2, 0.25) is 0 Å². The average molecular weight is 282 g/mol. The van der Waals surface area contributed by atoms with Gasteiger partial charge >= 0.3 is 0 Å². The van der Waals surface area contributed by atoms with Gasteiger partial charge in [-0.05, 0) is 33.7 Å². The molecule has 0 bridgehead atoms. The van der Waals surface area contributed by atoms with Gasteiger partial charge in [-0.2, -0.15) is 0 Å². The van der Waals surface area contributed by atoms with Crippen molar-refractivity contribution in [2.24, 2.45) is 0 Å². The Labute approximate surface area is 125 Å². The second-order valence-corrected chi connectivity index (χ2v) is 7.27. The largest absolute Gasteiger partial charge is 0.313 e. The smallest absolute Gasteiger partial charge is 0.0752 e. The van der Waals surface area contributed by atoms with E-state index in [9.17, 15) is 0 Å². The number of piperazine rings is 2. The van der Waals surface area contributed by atoms with Gasteiger partial charge in [-0.25, -0.2) is 0 Å². The van der Waals surface area contributed by atoms with Crippen LogP contribution in [0, 0.1) is 0 Å². The van der Waals surface area contributed by atoms with Crippen LogP contribution >= 0.6 is 0 Å². The minimum absolute atomic E-state index is 0.318. The molecule has 0 aromatic rings. The zero-order chi connectivity index (χ0) is 14.6. The predicted molar refractivity (Wildman–Crippen MR) is 86.0 cm³/mol.